The smallest absolute Gasteiger partial charge is 0.243 e. The van der Waals surface area contributed by atoms with E-state index in [2.05, 4.69) is 10.6 Å². The molecule has 2 aromatic rings. The second-order valence-electron chi connectivity index (χ2n) is 7.18. The summed E-state index contributed by atoms with van der Waals surface area (Å²) >= 11 is 0. The van der Waals surface area contributed by atoms with E-state index in [1.54, 1.807) is 11.1 Å². The summed E-state index contributed by atoms with van der Waals surface area (Å²) in [4.78, 5) is 38.4. The minimum Gasteiger partial charge on any atom is -0.347 e. The van der Waals surface area contributed by atoms with Gasteiger partial charge in [-0.15, -0.1) is 0 Å². The van der Waals surface area contributed by atoms with Gasteiger partial charge in [-0.2, -0.15) is 0 Å². The average Bonchev–Trinajstić information content (AvgIpc) is 2.69. The molecule has 3 rings (SSSR count). The fraction of sp³-hybridized carbons (Fsp3) is 0.261. The minimum absolute atomic E-state index is 0.0810. The Labute approximate surface area is 170 Å². The van der Waals surface area contributed by atoms with E-state index in [-0.39, 0.29) is 30.7 Å². The monoisotopic (exact) mass is 391 g/mol. The first-order valence-corrected chi connectivity index (χ1v) is 9.55. The van der Waals surface area contributed by atoms with Crippen LogP contribution in [-0.4, -0.2) is 29.2 Å². The van der Waals surface area contributed by atoms with Crippen LogP contribution in [0.2, 0.25) is 0 Å². The summed E-state index contributed by atoms with van der Waals surface area (Å²) in [5.41, 5.74) is 4.59. The SMILES string of the molecule is CC(=O)N1C=Cc2ccccc2C1CC(=O)NCC(=O)Nc1c(C)cccc1C. The second-order valence-corrected chi connectivity index (χ2v) is 7.18. The molecule has 0 spiro atoms. The van der Waals surface area contributed by atoms with E-state index in [1.165, 1.54) is 6.92 Å². The normalized spacial score (nSPS) is 14.9. The van der Waals surface area contributed by atoms with Gasteiger partial charge in [0.05, 0.1) is 19.0 Å². The molecule has 2 aromatic carbocycles. The third-order valence-corrected chi connectivity index (χ3v) is 5.04. The molecule has 0 fully saturated rings. The maximum absolute atomic E-state index is 12.5. The fourth-order valence-electron chi connectivity index (χ4n) is 3.54. The maximum Gasteiger partial charge on any atom is 0.243 e. The first-order valence-electron chi connectivity index (χ1n) is 9.55. The lowest BCUT2D eigenvalue weighted by Crippen LogP contribution is -2.38. The van der Waals surface area contributed by atoms with Gasteiger partial charge in [-0.25, -0.2) is 0 Å². The Morgan fingerprint density at radius 2 is 1.66 bits per heavy atom. The summed E-state index contributed by atoms with van der Waals surface area (Å²) in [7, 11) is 0. The molecule has 1 aliphatic heterocycles. The lowest BCUT2D eigenvalue weighted by Gasteiger charge is -2.32. The van der Waals surface area contributed by atoms with Crippen LogP contribution >= 0.6 is 0 Å². The highest BCUT2D eigenvalue weighted by atomic mass is 16.2. The number of carbonyl (C=O) groups excluding carboxylic acids is 3. The van der Waals surface area contributed by atoms with Crippen molar-refractivity contribution in [3.8, 4) is 0 Å². The van der Waals surface area contributed by atoms with Crippen LogP contribution in [0.5, 0.6) is 0 Å². The van der Waals surface area contributed by atoms with Crippen molar-refractivity contribution in [2.75, 3.05) is 11.9 Å². The highest BCUT2D eigenvalue weighted by Gasteiger charge is 2.28. The zero-order valence-electron chi connectivity index (χ0n) is 16.9. The van der Waals surface area contributed by atoms with Crippen molar-refractivity contribution in [3.05, 3.63) is 70.9 Å². The summed E-state index contributed by atoms with van der Waals surface area (Å²) in [5, 5.41) is 5.52. The van der Waals surface area contributed by atoms with Crippen LogP contribution in [0.25, 0.3) is 6.08 Å². The van der Waals surface area contributed by atoms with Gasteiger partial charge in [0.1, 0.15) is 0 Å². The number of hydrogen-bond acceptors (Lipinski definition) is 3. The molecule has 0 aromatic heterocycles. The van der Waals surface area contributed by atoms with E-state index in [9.17, 15) is 14.4 Å². The van der Waals surface area contributed by atoms with Crippen molar-refractivity contribution < 1.29 is 14.4 Å². The Bertz CT molecular complexity index is 961. The first-order chi connectivity index (χ1) is 13.9. The molecule has 1 atom stereocenters. The van der Waals surface area contributed by atoms with Crippen LogP contribution in [0.3, 0.4) is 0 Å². The number of anilines is 1. The summed E-state index contributed by atoms with van der Waals surface area (Å²) in [6, 6.07) is 13.1. The molecule has 0 radical (unpaired) electrons. The number of carbonyl (C=O) groups is 3. The molecular weight excluding hydrogens is 366 g/mol. The molecule has 0 bridgehead atoms. The quantitative estimate of drug-likeness (QED) is 0.821. The number of aryl methyl sites for hydroxylation is 2. The van der Waals surface area contributed by atoms with E-state index >= 15 is 0 Å². The average molecular weight is 391 g/mol. The molecule has 1 heterocycles. The zero-order chi connectivity index (χ0) is 21.0. The lowest BCUT2D eigenvalue weighted by molar-refractivity contribution is -0.130. The van der Waals surface area contributed by atoms with E-state index in [0.29, 0.717) is 0 Å². The molecule has 2 N–H and O–H groups in total. The van der Waals surface area contributed by atoms with Gasteiger partial charge < -0.3 is 15.5 Å². The van der Waals surface area contributed by atoms with E-state index in [4.69, 9.17) is 0 Å². The van der Waals surface area contributed by atoms with Gasteiger partial charge >= 0.3 is 0 Å². The molecule has 6 nitrogen and oxygen atoms in total. The molecule has 29 heavy (non-hydrogen) atoms. The van der Waals surface area contributed by atoms with Crippen LogP contribution in [0.1, 0.15) is 41.6 Å². The van der Waals surface area contributed by atoms with Gasteiger partial charge in [-0.1, -0.05) is 42.5 Å². The van der Waals surface area contributed by atoms with E-state index < -0.39 is 6.04 Å². The Morgan fingerprint density at radius 1 is 0.966 bits per heavy atom. The van der Waals surface area contributed by atoms with Gasteiger partial charge in [-0.05, 0) is 42.2 Å². The highest BCUT2D eigenvalue weighted by molar-refractivity contribution is 5.96. The number of fused-ring (bicyclic) bond motifs is 1. The number of benzene rings is 2. The van der Waals surface area contributed by atoms with Crippen LogP contribution in [0, 0.1) is 13.8 Å². The van der Waals surface area contributed by atoms with Crippen molar-refractivity contribution in [3.63, 3.8) is 0 Å². The summed E-state index contributed by atoms with van der Waals surface area (Å²) in [5.74, 6) is -0.715. The number of rotatable bonds is 5. The van der Waals surface area contributed by atoms with Gasteiger partial charge in [-0.3, -0.25) is 14.4 Å². The van der Waals surface area contributed by atoms with Crippen molar-refractivity contribution in [2.45, 2.75) is 33.2 Å². The van der Waals surface area contributed by atoms with Gasteiger partial charge in [0.15, 0.2) is 0 Å². The van der Waals surface area contributed by atoms with Crippen LogP contribution in [0.4, 0.5) is 5.69 Å². The maximum atomic E-state index is 12.5. The van der Waals surface area contributed by atoms with Crippen LogP contribution in [0.15, 0.2) is 48.7 Å². The lowest BCUT2D eigenvalue weighted by atomic mass is 9.93. The standard InChI is InChI=1S/C23H25N3O3/c1-15-7-6-8-16(2)23(15)25-22(29)14-24-21(28)13-20-19-10-5-4-9-18(19)11-12-26(20)17(3)27/h4-12,20H,13-14H2,1-3H3,(H,24,28)(H,25,29). The summed E-state index contributed by atoms with van der Waals surface area (Å²) in [6.07, 6.45) is 3.65. The first kappa shape index (κ1) is 20.3. The molecule has 0 aliphatic carbocycles. The summed E-state index contributed by atoms with van der Waals surface area (Å²) in [6.45, 7) is 5.19. The van der Waals surface area contributed by atoms with Gasteiger partial charge in [0, 0.05) is 18.8 Å². The molecular formula is C23H25N3O3. The van der Waals surface area contributed by atoms with Crippen molar-refractivity contribution in [2.24, 2.45) is 0 Å². The topological polar surface area (TPSA) is 78.5 Å². The minimum atomic E-state index is -0.393. The van der Waals surface area contributed by atoms with Crippen molar-refractivity contribution in [1.29, 1.82) is 0 Å². The fourth-order valence-corrected chi connectivity index (χ4v) is 3.54. The Hall–Kier alpha value is -3.41. The molecule has 1 aliphatic rings. The second kappa shape index (κ2) is 8.73. The van der Waals surface area contributed by atoms with Crippen LogP contribution in [-0.2, 0) is 14.4 Å². The highest BCUT2D eigenvalue weighted by Crippen LogP contribution is 2.32. The molecule has 0 saturated heterocycles. The number of amides is 3. The number of hydrogen-bond donors (Lipinski definition) is 2. The Kier molecular flexibility index (Phi) is 6.12. The van der Waals surface area contributed by atoms with Gasteiger partial charge in [0.2, 0.25) is 17.7 Å². The molecule has 3 amide bonds. The number of nitrogens with one attached hydrogen (secondary N) is 2. The van der Waals surface area contributed by atoms with E-state index in [0.717, 1.165) is 27.9 Å². The molecule has 150 valence electrons. The predicted octanol–water partition coefficient (Wildman–Crippen LogP) is 3.32. The number of para-hydroxylation sites is 1. The Morgan fingerprint density at radius 3 is 2.34 bits per heavy atom. The molecule has 6 heteroatoms. The van der Waals surface area contributed by atoms with Crippen molar-refractivity contribution >= 4 is 29.5 Å². The Balaban J connectivity index is 1.63. The zero-order valence-corrected chi connectivity index (χ0v) is 16.9. The molecule has 1 unspecified atom stereocenters. The van der Waals surface area contributed by atoms with E-state index in [1.807, 2.05) is 62.4 Å². The summed E-state index contributed by atoms with van der Waals surface area (Å²) < 4.78 is 0. The molecule has 0 saturated carbocycles. The van der Waals surface area contributed by atoms with Gasteiger partial charge in [0.25, 0.3) is 0 Å². The van der Waals surface area contributed by atoms with Crippen molar-refractivity contribution in [1.82, 2.24) is 10.2 Å². The predicted molar refractivity (Wildman–Crippen MR) is 113 cm³/mol. The van der Waals surface area contributed by atoms with Crippen LogP contribution < -0.4 is 10.6 Å². The largest absolute Gasteiger partial charge is 0.347 e. The number of nitrogens with zero attached hydrogens (tertiary/aromatic N) is 1. The third-order valence-electron chi connectivity index (χ3n) is 5.04. The third kappa shape index (κ3) is 4.71.